The number of benzene rings is 2. The number of nitrogens with zero attached hydrogens (tertiary/aromatic N) is 2. The van der Waals surface area contributed by atoms with Gasteiger partial charge < -0.3 is 19.4 Å². The molecular formula is C27H31N3O7S. The Balaban J connectivity index is 1.62. The van der Waals surface area contributed by atoms with Crippen molar-refractivity contribution in [2.24, 2.45) is 5.92 Å². The van der Waals surface area contributed by atoms with Gasteiger partial charge in [0.1, 0.15) is 11.3 Å². The van der Waals surface area contributed by atoms with Crippen LogP contribution in [0.15, 0.2) is 58.4 Å². The number of piperidine rings is 1. The predicted octanol–water partition coefficient (Wildman–Crippen LogP) is 3.17. The van der Waals surface area contributed by atoms with E-state index in [0.29, 0.717) is 56.1 Å². The Morgan fingerprint density at radius 3 is 2.47 bits per heavy atom. The lowest BCUT2D eigenvalue weighted by Crippen LogP contribution is -2.42. The fraction of sp³-hybridized carbons (Fsp3) is 0.370. The first-order valence-corrected chi connectivity index (χ1v) is 13.9. The van der Waals surface area contributed by atoms with Gasteiger partial charge in [-0.2, -0.15) is 0 Å². The van der Waals surface area contributed by atoms with Gasteiger partial charge in [0, 0.05) is 37.2 Å². The number of nitrogens with one attached hydrogen (secondary N) is 1. The Hall–Kier alpha value is -3.86. The van der Waals surface area contributed by atoms with Crippen molar-refractivity contribution in [1.82, 2.24) is 9.88 Å². The number of esters is 1. The summed E-state index contributed by atoms with van der Waals surface area (Å²) in [6, 6.07) is 11.0. The maximum atomic E-state index is 13.5. The van der Waals surface area contributed by atoms with Crippen LogP contribution in [-0.2, 0) is 19.6 Å². The van der Waals surface area contributed by atoms with E-state index in [4.69, 9.17) is 9.47 Å². The monoisotopic (exact) mass is 541 g/mol. The van der Waals surface area contributed by atoms with Crippen LogP contribution < -0.4 is 14.5 Å². The molecule has 1 aromatic heterocycles. The van der Waals surface area contributed by atoms with Gasteiger partial charge >= 0.3 is 5.97 Å². The van der Waals surface area contributed by atoms with Gasteiger partial charge in [-0.1, -0.05) is 12.1 Å². The Labute approximate surface area is 221 Å². The number of aromatic nitrogens is 1. The summed E-state index contributed by atoms with van der Waals surface area (Å²) in [6.07, 6.45) is 2.26. The molecule has 0 aliphatic carbocycles. The molecule has 202 valence electrons. The van der Waals surface area contributed by atoms with Gasteiger partial charge in [-0.15, -0.1) is 0 Å². The van der Waals surface area contributed by atoms with Crippen LogP contribution in [0.3, 0.4) is 0 Å². The second-order valence-electron chi connectivity index (χ2n) is 8.93. The summed E-state index contributed by atoms with van der Waals surface area (Å²) >= 11 is 0. The molecular weight excluding hydrogens is 510 g/mol. The Morgan fingerprint density at radius 2 is 1.79 bits per heavy atom. The molecule has 1 aliphatic heterocycles. The SMILES string of the molecule is CCOC(=O)C1CCN(C(=O)c2c[nH]c3ccc(S(=O)(=O)N(C)c4ccccc4OCC)cc3c2=O)CC1. The molecule has 0 spiro atoms. The first-order valence-electron chi connectivity index (χ1n) is 12.5. The molecule has 4 rings (SSSR count). The third kappa shape index (κ3) is 5.24. The van der Waals surface area contributed by atoms with Crippen LogP contribution >= 0.6 is 0 Å². The quantitative estimate of drug-likeness (QED) is 0.434. The lowest BCUT2D eigenvalue weighted by Gasteiger charge is -2.30. The van der Waals surface area contributed by atoms with E-state index in [0.717, 1.165) is 4.31 Å². The topological polar surface area (TPSA) is 126 Å². The van der Waals surface area contributed by atoms with Crippen LogP contribution in [0, 0.1) is 5.92 Å². The van der Waals surface area contributed by atoms with E-state index in [1.807, 2.05) is 6.92 Å². The summed E-state index contributed by atoms with van der Waals surface area (Å²) in [4.78, 5) is 42.9. The summed E-state index contributed by atoms with van der Waals surface area (Å²) < 4.78 is 38.7. The van der Waals surface area contributed by atoms with Crippen molar-refractivity contribution >= 4 is 38.5 Å². The highest BCUT2D eigenvalue weighted by atomic mass is 32.2. The van der Waals surface area contributed by atoms with Gasteiger partial charge in [0.25, 0.3) is 15.9 Å². The minimum atomic E-state index is -4.05. The number of sulfonamides is 1. The number of para-hydroxylation sites is 2. The van der Waals surface area contributed by atoms with Crippen molar-refractivity contribution in [3.05, 3.63) is 64.4 Å². The number of rotatable bonds is 8. The molecule has 3 aromatic rings. The number of pyridine rings is 1. The molecule has 1 fully saturated rings. The number of ether oxygens (including phenoxy) is 2. The second kappa shape index (κ2) is 11.3. The standard InChI is InChI=1S/C27H31N3O7S/c1-4-36-24-9-7-6-8-23(24)29(3)38(34,35)19-10-11-22-20(16-19)25(31)21(17-28-22)26(32)30-14-12-18(13-15-30)27(33)37-5-2/h6-11,16-18H,4-5,12-15H2,1-3H3,(H,28,31). The van der Waals surface area contributed by atoms with Gasteiger partial charge in [0.05, 0.1) is 29.7 Å². The van der Waals surface area contributed by atoms with Gasteiger partial charge in [0.15, 0.2) is 0 Å². The molecule has 2 heterocycles. The summed E-state index contributed by atoms with van der Waals surface area (Å²) in [5.74, 6) is -0.594. The summed E-state index contributed by atoms with van der Waals surface area (Å²) in [7, 11) is -2.63. The van der Waals surface area contributed by atoms with Gasteiger partial charge in [-0.25, -0.2) is 8.42 Å². The first kappa shape index (κ1) is 27.2. The molecule has 1 amide bonds. The van der Waals surface area contributed by atoms with E-state index < -0.39 is 21.4 Å². The summed E-state index contributed by atoms with van der Waals surface area (Å²) in [5.41, 5.74) is 0.116. The summed E-state index contributed by atoms with van der Waals surface area (Å²) in [5, 5.41) is 0.0878. The number of fused-ring (bicyclic) bond motifs is 1. The first-order chi connectivity index (χ1) is 18.2. The van der Waals surface area contributed by atoms with Crippen LogP contribution in [0.2, 0.25) is 0 Å². The second-order valence-corrected chi connectivity index (χ2v) is 10.9. The molecule has 2 aromatic carbocycles. The lowest BCUT2D eigenvalue weighted by atomic mass is 9.96. The zero-order chi connectivity index (χ0) is 27.4. The highest BCUT2D eigenvalue weighted by molar-refractivity contribution is 7.92. The number of anilines is 1. The average molecular weight is 542 g/mol. The van der Waals surface area contributed by atoms with Crippen LogP contribution in [-0.4, -0.2) is 63.5 Å². The van der Waals surface area contributed by atoms with Crippen LogP contribution in [0.4, 0.5) is 5.69 Å². The fourth-order valence-corrected chi connectivity index (χ4v) is 5.78. The van der Waals surface area contributed by atoms with Crippen LogP contribution in [0.5, 0.6) is 5.75 Å². The highest BCUT2D eigenvalue weighted by Crippen LogP contribution is 2.31. The van der Waals surface area contributed by atoms with E-state index in [1.54, 1.807) is 31.2 Å². The normalized spacial score (nSPS) is 14.3. The predicted molar refractivity (Wildman–Crippen MR) is 143 cm³/mol. The Bertz CT molecular complexity index is 1510. The molecule has 1 N–H and O–H groups in total. The number of hydrogen-bond donors (Lipinski definition) is 1. The maximum absolute atomic E-state index is 13.5. The Morgan fingerprint density at radius 1 is 1.08 bits per heavy atom. The largest absolute Gasteiger partial charge is 0.492 e. The molecule has 1 aliphatic rings. The Kier molecular flexibility index (Phi) is 8.05. The fourth-order valence-electron chi connectivity index (χ4n) is 4.55. The maximum Gasteiger partial charge on any atom is 0.309 e. The molecule has 38 heavy (non-hydrogen) atoms. The number of aromatic amines is 1. The van der Waals surface area contributed by atoms with E-state index >= 15 is 0 Å². The molecule has 0 saturated carbocycles. The average Bonchev–Trinajstić information content (AvgIpc) is 2.93. The number of carbonyl (C=O) groups is 2. The van der Waals surface area contributed by atoms with Crippen molar-refractivity contribution in [1.29, 1.82) is 0 Å². The zero-order valence-corrected chi connectivity index (χ0v) is 22.4. The van der Waals surface area contributed by atoms with Crippen LogP contribution in [0.25, 0.3) is 10.9 Å². The van der Waals surface area contributed by atoms with Gasteiger partial charge in [-0.3, -0.25) is 18.7 Å². The lowest BCUT2D eigenvalue weighted by molar-refractivity contribution is -0.149. The van der Waals surface area contributed by atoms with Crippen molar-refractivity contribution in [2.45, 2.75) is 31.6 Å². The number of H-pyrrole nitrogens is 1. The highest BCUT2D eigenvalue weighted by Gasteiger charge is 2.30. The molecule has 0 unspecified atom stereocenters. The van der Waals surface area contributed by atoms with Crippen molar-refractivity contribution in [3.8, 4) is 5.75 Å². The molecule has 1 saturated heterocycles. The van der Waals surface area contributed by atoms with Gasteiger partial charge in [0.2, 0.25) is 5.43 Å². The third-order valence-electron chi connectivity index (χ3n) is 6.65. The summed E-state index contributed by atoms with van der Waals surface area (Å²) in [6.45, 7) is 4.86. The minimum Gasteiger partial charge on any atom is -0.492 e. The number of hydrogen-bond acceptors (Lipinski definition) is 7. The number of carbonyl (C=O) groups excluding carboxylic acids is 2. The molecule has 0 bridgehead atoms. The van der Waals surface area contributed by atoms with Crippen LogP contribution in [0.1, 0.15) is 37.0 Å². The van der Waals surface area contributed by atoms with Crippen molar-refractivity contribution in [3.63, 3.8) is 0 Å². The van der Waals surface area contributed by atoms with Crippen molar-refractivity contribution in [2.75, 3.05) is 37.7 Å². The van der Waals surface area contributed by atoms with E-state index in [2.05, 4.69) is 4.98 Å². The number of amides is 1. The minimum absolute atomic E-state index is 0.0864. The van der Waals surface area contributed by atoms with E-state index in [9.17, 15) is 22.8 Å². The van der Waals surface area contributed by atoms with Gasteiger partial charge in [-0.05, 0) is 57.0 Å². The third-order valence-corrected chi connectivity index (χ3v) is 8.41. The number of likely N-dealkylation sites (tertiary alicyclic amines) is 1. The smallest absolute Gasteiger partial charge is 0.309 e. The molecule has 11 heteroatoms. The molecule has 10 nitrogen and oxygen atoms in total. The van der Waals surface area contributed by atoms with E-state index in [-0.39, 0.29) is 27.7 Å². The van der Waals surface area contributed by atoms with E-state index in [1.165, 1.54) is 36.3 Å². The zero-order valence-electron chi connectivity index (χ0n) is 21.6. The molecule has 0 atom stereocenters. The molecule has 0 radical (unpaired) electrons. The van der Waals surface area contributed by atoms with Crippen molar-refractivity contribution < 1.29 is 27.5 Å².